The lowest BCUT2D eigenvalue weighted by molar-refractivity contribution is -0.00259. The minimum Gasteiger partial charge on any atom is -0.384 e. The summed E-state index contributed by atoms with van der Waals surface area (Å²) in [5.41, 5.74) is 7.55. The number of nitrogens with two attached hydrogens (primary N) is 1. The molecule has 3 N–H and O–H groups in total. The van der Waals surface area contributed by atoms with Crippen molar-refractivity contribution in [3.8, 4) is 0 Å². The SMILES string of the molecule is CN(Cc1ccccc1C(=N)N)CC1CCCCO1. The highest BCUT2D eigenvalue weighted by Gasteiger charge is 2.16. The fourth-order valence-electron chi connectivity index (χ4n) is 2.58. The monoisotopic (exact) mass is 261 g/mol. The highest BCUT2D eigenvalue weighted by molar-refractivity contribution is 5.96. The van der Waals surface area contributed by atoms with Crippen LogP contribution in [-0.2, 0) is 11.3 Å². The number of ether oxygens (including phenoxy) is 1. The second kappa shape index (κ2) is 6.68. The molecule has 1 atom stereocenters. The molecule has 1 unspecified atom stereocenters. The van der Waals surface area contributed by atoms with Crippen molar-refractivity contribution in [2.24, 2.45) is 5.73 Å². The van der Waals surface area contributed by atoms with Crippen LogP contribution in [0, 0.1) is 5.41 Å². The Morgan fingerprint density at radius 3 is 2.89 bits per heavy atom. The molecule has 0 bridgehead atoms. The van der Waals surface area contributed by atoms with Crippen LogP contribution in [-0.4, -0.2) is 37.0 Å². The fourth-order valence-corrected chi connectivity index (χ4v) is 2.58. The molecule has 0 saturated carbocycles. The third-order valence-corrected chi connectivity index (χ3v) is 3.54. The second-order valence-electron chi connectivity index (χ2n) is 5.26. The zero-order valence-electron chi connectivity index (χ0n) is 11.6. The summed E-state index contributed by atoms with van der Waals surface area (Å²) in [6.07, 6.45) is 3.96. The third-order valence-electron chi connectivity index (χ3n) is 3.54. The molecule has 2 rings (SSSR count). The van der Waals surface area contributed by atoms with Crippen molar-refractivity contribution in [1.82, 2.24) is 4.90 Å². The number of nitrogen functional groups attached to an aromatic ring is 1. The number of amidine groups is 1. The van der Waals surface area contributed by atoms with E-state index < -0.39 is 0 Å². The summed E-state index contributed by atoms with van der Waals surface area (Å²) >= 11 is 0. The molecule has 0 spiro atoms. The molecule has 1 aliphatic heterocycles. The normalized spacial score (nSPS) is 19.6. The first-order valence-electron chi connectivity index (χ1n) is 6.89. The van der Waals surface area contributed by atoms with Crippen LogP contribution < -0.4 is 5.73 Å². The van der Waals surface area contributed by atoms with Gasteiger partial charge in [-0.05, 0) is 31.9 Å². The van der Waals surface area contributed by atoms with Crippen LogP contribution in [0.5, 0.6) is 0 Å². The van der Waals surface area contributed by atoms with Crippen molar-refractivity contribution in [1.29, 1.82) is 5.41 Å². The van der Waals surface area contributed by atoms with E-state index >= 15 is 0 Å². The molecule has 1 saturated heterocycles. The van der Waals surface area contributed by atoms with Crippen molar-refractivity contribution in [2.45, 2.75) is 31.9 Å². The Morgan fingerprint density at radius 1 is 1.42 bits per heavy atom. The fraction of sp³-hybridized carbons (Fsp3) is 0.533. The van der Waals surface area contributed by atoms with Gasteiger partial charge in [0.1, 0.15) is 5.84 Å². The molecule has 19 heavy (non-hydrogen) atoms. The first-order chi connectivity index (χ1) is 9.16. The van der Waals surface area contributed by atoms with Crippen molar-refractivity contribution in [2.75, 3.05) is 20.2 Å². The maximum absolute atomic E-state index is 7.61. The van der Waals surface area contributed by atoms with Crippen molar-refractivity contribution in [3.05, 3.63) is 35.4 Å². The second-order valence-corrected chi connectivity index (χ2v) is 5.26. The zero-order chi connectivity index (χ0) is 13.7. The number of nitrogens with zero attached hydrogens (tertiary/aromatic N) is 1. The van der Waals surface area contributed by atoms with Crippen LogP contribution in [0.4, 0.5) is 0 Å². The predicted octanol–water partition coefficient (Wildman–Crippen LogP) is 1.97. The Hall–Kier alpha value is -1.39. The van der Waals surface area contributed by atoms with E-state index in [0.29, 0.717) is 6.10 Å². The Bertz CT molecular complexity index is 427. The summed E-state index contributed by atoms with van der Waals surface area (Å²) in [5.74, 6) is 0.137. The summed E-state index contributed by atoms with van der Waals surface area (Å²) in [4.78, 5) is 2.25. The molecular weight excluding hydrogens is 238 g/mol. The van der Waals surface area contributed by atoms with E-state index in [-0.39, 0.29) is 5.84 Å². The molecule has 104 valence electrons. The van der Waals surface area contributed by atoms with Crippen molar-refractivity contribution in [3.63, 3.8) is 0 Å². The van der Waals surface area contributed by atoms with Gasteiger partial charge in [0.15, 0.2) is 0 Å². The summed E-state index contributed by atoms with van der Waals surface area (Å²) in [6, 6.07) is 7.86. The van der Waals surface area contributed by atoms with E-state index in [9.17, 15) is 0 Å². The van der Waals surface area contributed by atoms with Crippen LogP contribution in [0.1, 0.15) is 30.4 Å². The molecule has 1 aromatic carbocycles. The Balaban J connectivity index is 1.94. The molecule has 4 heteroatoms. The van der Waals surface area contributed by atoms with Gasteiger partial charge in [0.25, 0.3) is 0 Å². The Morgan fingerprint density at radius 2 is 2.21 bits per heavy atom. The molecule has 1 aliphatic rings. The lowest BCUT2D eigenvalue weighted by atomic mass is 10.1. The van der Waals surface area contributed by atoms with Gasteiger partial charge >= 0.3 is 0 Å². The molecule has 1 heterocycles. The lowest BCUT2D eigenvalue weighted by Crippen LogP contribution is -2.33. The molecule has 0 radical (unpaired) electrons. The largest absolute Gasteiger partial charge is 0.384 e. The van der Waals surface area contributed by atoms with Crippen LogP contribution in [0.25, 0.3) is 0 Å². The summed E-state index contributed by atoms with van der Waals surface area (Å²) in [7, 11) is 2.09. The van der Waals surface area contributed by atoms with Gasteiger partial charge in [0, 0.05) is 25.3 Å². The molecule has 4 nitrogen and oxygen atoms in total. The quantitative estimate of drug-likeness (QED) is 0.629. The summed E-state index contributed by atoms with van der Waals surface area (Å²) in [5, 5.41) is 7.61. The van der Waals surface area contributed by atoms with Crippen molar-refractivity contribution >= 4 is 5.84 Å². The minimum atomic E-state index is 0.137. The number of benzene rings is 1. The van der Waals surface area contributed by atoms with Gasteiger partial charge in [0.05, 0.1) is 6.10 Å². The van der Waals surface area contributed by atoms with Gasteiger partial charge < -0.3 is 10.5 Å². The van der Waals surface area contributed by atoms with Gasteiger partial charge in [-0.25, -0.2) is 0 Å². The standard InChI is InChI=1S/C15H23N3O/c1-18(11-13-7-4-5-9-19-13)10-12-6-2-3-8-14(12)15(16)17/h2-3,6,8,13H,4-5,7,9-11H2,1H3,(H3,16,17). The Kier molecular flexibility index (Phi) is 4.93. The van der Waals surface area contributed by atoms with Gasteiger partial charge in [-0.3, -0.25) is 10.3 Å². The van der Waals surface area contributed by atoms with E-state index in [0.717, 1.165) is 37.2 Å². The molecule has 0 aliphatic carbocycles. The van der Waals surface area contributed by atoms with Crippen LogP contribution in [0.2, 0.25) is 0 Å². The zero-order valence-corrected chi connectivity index (χ0v) is 11.6. The highest BCUT2D eigenvalue weighted by atomic mass is 16.5. The average molecular weight is 261 g/mol. The summed E-state index contributed by atoms with van der Waals surface area (Å²) in [6.45, 7) is 2.63. The molecule has 1 aromatic rings. The number of rotatable bonds is 5. The van der Waals surface area contributed by atoms with E-state index in [4.69, 9.17) is 15.9 Å². The van der Waals surface area contributed by atoms with E-state index in [1.165, 1.54) is 12.8 Å². The number of likely N-dealkylation sites (N-methyl/N-ethyl adjacent to an activating group) is 1. The number of hydrogen-bond acceptors (Lipinski definition) is 3. The van der Waals surface area contributed by atoms with E-state index in [1.54, 1.807) is 0 Å². The minimum absolute atomic E-state index is 0.137. The maximum Gasteiger partial charge on any atom is 0.123 e. The van der Waals surface area contributed by atoms with Gasteiger partial charge in [-0.1, -0.05) is 24.3 Å². The average Bonchev–Trinajstić information content (AvgIpc) is 2.40. The lowest BCUT2D eigenvalue weighted by Gasteiger charge is -2.27. The maximum atomic E-state index is 7.61. The molecular formula is C15H23N3O. The highest BCUT2D eigenvalue weighted by Crippen LogP contribution is 2.15. The number of hydrogen-bond donors (Lipinski definition) is 2. The van der Waals surface area contributed by atoms with Crippen LogP contribution in [0.3, 0.4) is 0 Å². The van der Waals surface area contributed by atoms with Crippen LogP contribution in [0.15, 0.2) is 24.3 Å². The first-order valence-corrected chi connectivity index (χ1v) is 6.89. The van der Waals surface area contributed by atoms with E-state index in [2.05, 4.69) is 11.9 Å². The van der Waals surface area contributed by atoms with Crippen LogP contribution >= 0.6 is 0 Å². The van der Waals surface area contributed by atoms with Crippen molar-refractivity contribution < 1.29 is 4.74 Å². The molecule has 0 amide bonds. The van der Waals surface area contributed by atoms with E-state index in [1.807, 2.05) is 24.3 Å². The first kappa shape index (κ1) is 14.0. The van der Waals surface area contributed by atoms with Gasteiger partial charge in [0.2, 0.25) is 0 Å². The smallest absolute Gasteiger partial charge is 0.123 e. The molecule has 1 fully saturated rings. The van der Waals surface area contributed by atoms with Gasteiger partial charge in [-0.15, -0.1) is 0 Å². The third kappa shape index (κ3) is 4.04. The predicted molar refractivity (Wildman–Crippen MR) is 77.4 cm³/mol. The topological polar surface area (TPSA) is 62.3 Å². The Labute approximate surface area is 115 Å². The van der Waals surface area contributed by atoms with Gasteiger partial charge in [-0.2, -0.15) is 0 Å². The number of nitrogens with one attached hydrogen (secondary N) is 1. The molecule has 0 aromatic heterocycles. The summed E-state index contributed by atoms with van der Waals surface area (Å²) < 4.78 is 5.76.